The molecule has 0 saturated heterocycles. The lowest BCUT2D eigenvalue weighted by molar-refractivity contribution is -0.132. The molecule has 2 aromatic carbocycles. The van der Waals surface area contributed by atoms with Crippen LogP contribution in [0.3, 0.4) is 0 Å². The van der Waals surface area contributed by atoms with Crippen LogP contribution in [0.25, 0.3) is 6.08 Å². The van der Waals surface area contributed by atoms with Gasteiger partial charge in [0.25, 0.3) is 5.91 Å². The van der Waals surface area contributed by atoms with Crippen LogP contribution in [0.15, 0.2) is 42.2 Å². The first kappa shape index (κ1) is 21.6. The van der Waals surface area contributed by atoms with E-state index in [0.29, 0.717) is 23.7 Å². The monoisotopic (exact) mass is 408 g/mol. The summed E-state index contributed by atoms with van der Waals surface area (Å²) in [6.45, 7) is 8.17. The molecule has 0 bridgehead atoms. The fourth-order valence-corrected chi connectivity index (χ4v) is 3.33. The number of ether oxygens (including phenoxy) is 2. The van der Waals surface area contributed by atoms with Gasteiger partial charge in [-0.05, 0) is 55.4 Å². The number of carbonyl (C=O) groups is 2. The molecule has 0 aromatic heterocycles. The van der Waals surface area contributed by atoms with Crippen LogP contribution in [-0.4, -0.2) is 30.9 Å². The Morgan fingerprint density at radius 2 is 1.90 bits per heavy atom. The van der Waals surface area contributed by atoms with Gasteiger partial charge in [0.05, 0.1) is 5.69 Å². The first-order chi connectivity index (χ1) is 14.0. The largest absolute Gasteiger partial charge is 0.449 e. The minimum absolute atomic E-state index is 0.213. The Balaban J connectivity index is 2.12. The molecule has 0 fully saturated rings. The number of amides is 1. The molecule has 6 heteroatoms. The topological polar surface area (TPSA) is 67.9 Å². The molecule has 1 N–H and O–H groups in total. The van der Waals surface area contributed by atoms with Crippen molar-refractivity contribution < 1.29 is 19.1 Å². The van der Waals surface area contributed by atoms with Crippen LogP contribution in [0.1, 0.15) is 44.4 Å². The molecule has 158 valence electrons. The average Bonchev–Trinajstić information content (AvgIpc) is 2.62. The van der Waals surface area contributed by atoms with Crippen LogP contribution < -0.4 is 14.8 Å². The summed E-state index contributed by atoms with van der Waals surface area (Å²) in [5, 5.41) is 2.85. The van der Waals surface area contributed by atoms with Crippen molar-refractivity contribution in [1.29, 1.82) is 0 Å². The summed E-state index contributed by atoms with van der Waals surface area (Å²) in [6.07, 6.45) is 1.72. The second-order valence-corrected chi connectivity index (χ2v) is 8.70. The Kier molecular flexibility index (Phi) is 5.99. The Bertz CT molecular complexity index is 1020. The summed E-state index contributed by atoms with van der Waals surface area (Å²) in [6, 6.07) is 11.2. The number of fused-ring (bicyclic) bond motifs is 1. The maximum Gasteiger partial charge on any atom is 0.308 e. The number of carbonyl (C=O) groups excluding carboxylic acids is 2. The number of hydrogen-bond acceptors (Lipinski definition) is 5. The molecule has 0 unspecified atom stereocenters. The summed E-state index contributed by atoms with van der Waals surface area (Å²) in [7, 11) is 3.90. The molecule has 30 heavy (non-hydrogen) atoms. The SMILES string of the molecule is CC(=O)Oc1c(CN(C)C)cc(C=C2Oc3ccccc3NC2=O)cc1C(C)(C)C. The molecule has 0 spiro atoms. The molecule has 3 rings (SSSR count). The third-order valence-electron chi connectivity index (χ3n) is 4.61. The van der Waals surface area contributed by atoms with Crippen LogP contribution in [0.2, 0.25) is 0 Å². The maximum atomic E-state index is 12.5. The van der Waals surface area contributed by atoms with E-state index in [4.69, 9.17) is 9.47 Å². The zero-order valence-corrected chi connectivity index (χ0v) is 18.3. The van der Waals surface area contributed by atoms with Gasteiger partial charge < -0.3 is 19.7 Å². The van der Waals surface area contributed by atoms with E-state index in [1.165, 1.54) is 6.92 Å². The van der Waals surface area contributed by atoms with Gasteiger partial charge in [-0.15, -0.1) is 0 Å². The van der Waals surface area contributed by atoms with E-state index in [-0.39, 0.29) is 23.1 Å². The van der Waals surface area contributed by atoms with Crippen LogP contribution in [0.4, 0.5) is 5.69 Å². The molecule has 1 heterocycles. The number of hydrogen-bond donors (Lipinski definition) is 1. The van der Waals surface area contributed by atoms with Crippen LogP contribution in [0, 0.1) is 0 Å². The minimum atomic E-state index is -0.363. The van der Waals surface area contributed by atoms with Crippen LogP contribution in [-0.2, 0) is 21.5 Å². The predicted octanol–water partition coefficient (Wildman–Crippen LogP) is 4.34. The van der Waals surface area contributed by atoms with Crippen molar-refractivity contribution in [2.45, 2.75) is 39.7 Å². The van der Waals surface area contributed by atoms with Gasteiger partial charge in [0.1, 0.15) is 5.75 Å². The summed E-state index contributed by atoms with van der Waals surface area (Å²) >= 11 is 0. The van der Waals surface area contributed by atoms with Crippen molar-refractivity contribution in [3.05, 3.63) is 58.8 Å². The molecule has 0 aliphatic carbocycles. The Labute approximate surface area is 177 Å². The highest BCUT2D eigenvalue weighted by Gasteiger charge is 2.26. The van der Waals surface area contributed by atoms with Crippen LogP contribution in [0.5, 0.6) is 11.5 Å². The fraction of sp³-hybridized carbons (Fsp3) is 0.333. The summed E-state index contributed by atoms with van der Waals surface area (Å²) in [5.74, 6) is 0.724. The highest BCUT2D eigenvalue weighted by Crippen LogP contribution is 2.37. The van der Waals surface area contributed by atoms with Gasteiger partial charge in [-0.1, -0.05) is 32.9 Å². The quantitative estimate of drug-likeness (QED) is 0.463. The van der Waals surface area contributed by atoms with Crippen LogP contribution >= 0.6 is 0 Å². The highest BCUT2D eigenvalue weighted by molar-refractivity contribution is 6.08. The van der Waals surface area contributed by atoms with E-state index in [9.17, 15) is 9.59 Å². The van der Waals surface area contributed by atoms with Crippen molar-refractivity contribution >= 4 is 23.6 Å². The Hall–Kier alpha value is -3.12. The fourth-order valence-electron chi connectivity index (χ4n) is 3.33. The van der Waals surface area contributed by atoms with E-state index in [0.717, 1.165) is 16.7 Å². The summed E-state index contributed by atoms with van der Waals surface area (Å²) in [4.78, 5) is 26.3. The zero-order valence-electron chi connectivity index (χ0n) is 18.3. The third-order valence-corrected chi connectivity index (χ3v) is 4.61. The smallest absolute Gasteiger partial charge is 0.308 e. The van der Waals surface area contributed by atoms with E-state index < -0.39 is 0 Å². The minimum Gasteiger partial charge on any atom is -0.449 e. The lowest BCUT2D eigenvalue weighted by Crippen LogP contribution is -2.23. The molecule has 2 aromatic rings. The lowest BCUT2D eigenvalue weighted by Gasteiger charge is -2.26. The van der Waals surface area contributed by atoms with E-state index in [2.05, 4.69) is 26.1 Å². The van der Waals surface area contributed by atoms with Gasteiger partial charge in [-0.25, -0.2) is 0 Å². The van der Waals surface area contributed by atoms with E-state index in [1.807, 2.05) is 49.3 Å². The number of benzene rings is 2. The van der Waals surface area contributed by atoms with E-state index >= 15 is 0 Å². The van der Waals surface area contributed by atoms with E-state index in [1.54, 1.807) is 12.1 Å². The first-order valence-corrected chi connectivity index (χ1v) is 9.85. The van der Waals surface area contributed by atoms with Crippen molar-refractivity contribution in [2.75, 3.05) is 19.4 Å². The lowest BCUT2D eigenvalue weighted by atomic mass is 9.83. The van der Waals surface area contributed by atoms with Gasteiger partial charge in [-0.2, -0.15) is 0 Å². The number of nitrogens with zero attached hydrogens (tertiary/aromatic N) is 1. The number of rotatable bonds is 4. The van der Waals surface area contributed by atoms with Gasteiger partial charge in [0.15, 0.2) is 11.5 Å². The maximum absolute atomic E-state index is 12.5. The Morgan fingerprint density at radius 1 is 1.20 bits per heavy atom. The van der Waals surface area contributed by atoms with Crippen molar-refractivity contribution in [2.24, 2.45) is 0 Å². The number of nitrogens with one attached hydrogen (secondary N) is 1. The molecular formula is C24H28N2O4. The summed E-state index contributed by atoms with van der Waals surface area (Å²) in [5.41, 5.74) is 2.93. The van der Waals surface area contributed by atoms with Gasteiger partial charge in [0, 0.05) is 24.6 Å². The second-order valence-electron chi connectivity index (χ2n) is 8.70. The first-order valence-electron chi connectivity index (χ1n) is 9.85. The molecule has 1 aliphatic rings. The molecule has 6 nitrogen and oxygen atoms in total. The molecule has 0 atom stereocenters. The molecule has 0 radical (unpaired) electrons. The number of anilines is 1. The second kappa shape index (κ2) is 8.32. The zero-order chi connectivity index (χ0) is 22.1. The molecule has 1 aliphatic heterocycles. The number of esters is 1. The van der Waals surface area contributed by atoms with Gasteiger partial charge in [0.2, 0.25) is 0 Å². The normalized spacial score (nSPS) is 14.9. The predicted molar refractivity (Wildman–Crippen MR) is 118 cm³/mol. The van der Waals surface area contributed by atoms with Crippen molar-refractivity contribution in [3.63, 3.8) is 0 Å². The highest BCUT2D eigenvalue weighted by atomic mass is 16.5. The van der Waals surface area contributed by atoms with Crippen molar-refractivity contribution in [1.82, 2.24) is 4.90 Å². The molecule has 1 amide bonds. The van der Waals surface area contributed by atoms with Crippen molar-refractivity contribution in [3.8, 4) is 11.5 Å². The Morgan fingerprint density at radius 3 is 2.53 bits per heavy atom. The third kappa shape index (κ3) is 4.89. The van der Waals surface area contributed by atoms with Gasteiger partial charge in [-0.3, -0.25) is 9.59 Å². The average molecular weight is 408 g/mol. The summed E-state index contributed by atoms with van der Waals surface area (Å²) < 4.78 is 11.5. The van der Waals surface area contributed by atoms with Gasteiger partial charge >= 0.3 is 5.97 Å². The number of para-hydroxylation sites is 2. The molecule has 0 saturated carbocycles. The standard InChI is InChI=1S/C24H28N2O4/c1-15(27)29-22-17(14-26(5)6)11-16(12-18(22)24(2,3)4)13-21-23(28)25-19-9-7-8-10-20(19)30-21/h7-13H,14H2,1-6H3,(H,25,28). The molecular weight excluding hydrogens is 380 g/mol.